The zero-order valence-corrected chi connectivity index (χ0v) is 12.7. The molecule has 2 rings (SSSR count). The van der Waals surface area contributed by atoms with E-state index in [9.17, 15) is 14.7 Å². The van der Waals surface area contributed by atoms with E-state index in [1.54, 1.807) is 18.9 Å². The number of carboxylic acids is 1. The van der Waals surface area contributed by atoms with Crippen LogP contribution >= 0.6 is 0 Å². The molecule has 0 spiro atoms. The predicted octanol–water partition coefficient (Wildman–Crippen LogP) is 2.46. The second-order valence-electron chi connectivity index (χ2n) is 6.75. The van der Waals surface area contributed by atoms with Gasteiger partial charge in [-0.25, -0.2) is 9.59 Å². The Morgan fingerprint density at radius 2 is 1.90 bits per heavy atom. The van der Waals surface area contributed by atoms with Crippen molar-refractivity contribution in [3.8, 4) is 0 Å². The van der Waals surface area contributed by atoms with E-state index in [1.807, 2.05) is 0 Å². The first-order chi connectivity index (χ1) is 9.34. The Kier molecular flexibility index (Phi) is 4.25. The van der Waals surface area contributed by atoms with Crippen molar-refractivity contribution < 1.29 is 14.7 Å². The quantitative estimate of drug-likeness (QED) is 0.832. The first-order valence-corrected chi connectivity index (χ1v) is 7.63. The fourth-order valence-electron chi connectivity index (χ4n) is 3.22. The summed E-state index contributed by atoms with van der Waals surface area (Å²) in [6.45, 7) is 3.84. The van der Waals surface area contributed by atoms with Crippen molar-refractivity contribution in [3.05, 3.63) is 0 Å². The Labute approximate surface area is 120 Å². The van der Waals surface area contributed by atoms with Gasteiger partial charge in [-0.1, -0.05) is 19.8 Å². The zero-order chi connectivity index (χ0) is 14.9. The number of nitrogens with one attached hydrogen (secondary N) is 1. The van der Waals surface area contributed by atoms with Gasteiger partial charge in [0.15, 0.2) is 0 Å². The topological polar surface area (TPSA) is 69.6 Å². The third kappa shape index (κ3) is 3.07. The van der Waals surface area contributed by atoms with Gasteiger partial charge in [-0.2, -0.15) is 0 Å². The SMILES string of the molecule is CC1CCCC(N(C)C(=O)NC(C)(C(=O)O)C2CC2)C1. The summed E-state index contributed by atoms with van der Waals surface area (Å²) in [6, 6.07) is -0.0168. The normalized spacial score (nSPS) is 29.4. The molecule has 20 heavy (non-hydrogen) atoms. The highest BCUT2D eigenvalue weighted by atomic mass is 16.4. The molecule has 5 heteroatoms. The Hall–Kier alpha value is -1.26. The maximum absolute atomic E-state index is 12.4. The highest BCUT2D eigenvalue weighted by molar-refractivity contribution is 5.86. The summed E-state index contributed by atoms with van der Waals surface area (Å²) in [6.07, 6.45) is 6.16. The lowest BCUT2D eigenvalue weighted by Crippen LogP contribution is -2.58. The Balaban J connectivity index is 1.97. The number of hydrogen-bond donors (Lipinski definition) is 2. The molecule has 2 fully saturated rings. The number of carboxylic acid groups (broad SMARTS) is 1. The molecule has 5 nitrogen and oxygen atoms in total. The fourth-order valence-corrected chi connectivity index (χ4v) is 3.22. The molecule has 0 radical (unpaired) electrons. The third-order valence-electron chi connectivity index (χ3n) is 4.98. The van der Waals surface area contributed by atoms with Gasteiger partial charge in [0.2, 0.25) is 0 Å². The average Bonchev–Trinajstić information content (AvgIpc) is 3.21. The van der Waals surface area contributed by atoms with Crippen LogP contribution in [-0.4, -0.2) is 40.6 Å². The Bertz CT molecular complexity index is 395. The second kappa shape index (κ2) is 5.62. The van der Waals surface area contributed by atoms with Crippen molar-refractivity contribution in [1.82, 2.24) is 10.2 Å². The van der Waals surface area contributed by atoms with Gasteiger partial charge in [-0.3, -0.25) is 0 Å². The minimum Gasteiger partial charge on any atom is -0.480 e. The summed E-state index contributed by atoms with van der Waals surface area (Å²) < 4.78 is 0. The van der Waals surface area contributed by atoms with Crippen molar-refractivity contribution in [3.63, 3.8) is 0 Å². The molecule has 2 aliphatic carbocycles. The van der Waals surface area contributed by atoms with Gasteiger partial charge in [0.1, 0.15) is 5.54 Å². The van der Waals surface area contributed by atoms with E-state index in [0.717, 1.165) is 32.1 Å². The van der Waals surface area contributed by atoms with Gasteiger partial charge in [0, 0.05) is 13.1 Å². The van der Waals surface area contributed by atoms with Gasteiger partial charge >= 0.3 is 12.0 Å². The molecule has 0 heterocycles. The highest BCUT2D eigenvalue weighted by Crippen LogP contribution is 2.40. The number of aliphatic carboxylic acids is 1. The first-order valence-electron chi connectivity index (χ1n) is 7.63. The third-order valence-corrected chi connectivity index (χ3v) is 4.98. The van der Waals surface area contributed by atoms with Gasteiger partial charge in [0.25, 0.3) is 0 Å². The van der Waals surface area contributed by atoms with Crippen LogP contribution in [0.4, 0.5) is 4.79 Å². The number of carbonyl (C=O) groups is 2. The minimum atomic E-state index is -1.12. The molecule has 0 aromatic rings. The summed E-state index contributed by atoms with van der Waals surface area (Å²) in [5.74, 6) is -0.223. The van der Waals surface area contributed by atoms with Gasteiger partial charge < -0.3 is 15.3 Å². The molecule has 3 unspecified atom stereocenters. The van der Waals surface area contributed by atoms with E-state index in [2.05, 4.69) is 12.2 Å². The summed E-state index contributed by atoms with van der Waals surface area (Å²) in [4.78, 5) is 25.5. The van der Waals surface area contributed by atoms with Crippen LogP contribution in [0, 0.1) is 11.8 Å². The molecule has 0 aliphatic heterocycles. The number of carbonyl (C=O) groups excluding carboxylic acids is 1. The molecule has 0 saturated heterocycles. The molecular formula is C15H26N2O3. The lowest BCUT2D eigenvalue weighted by molar-refractivity contribution is -0.144. The molecule has 2 amide bonds. The van der Waals surface area contributed by atoms with Crippen LogP contribution in [0.1, 0.15) is 52.4 Å². The van der Waals surface area contributed by atoms with Crippen molar-refractivity contribution in [2.45, 2.75) is 64.0 Å². The fraction of sp³-hybridized carbons (Fsp3) is 0.867. The minimum absolute atomic E-state index is 0.0719. The molecule has 2 N–H and O–H groups in total. The van der Waals surface area contributed by atoms with E-state index in [4.69, 9.17) is 0 Å². The van der Waals surface area contributed by atoms with E-state index in [0.29, 0.717) is 5.92 Å². The summed E-state index contributed by atoms with van der Waals surface area (Å²) in [7, 11) is 1.78. The Morgan fingerprint density at radius 1 is 1.25 bits per heavy atom. The van der Waals surface area contributed by atoms with Crippen LogP contribution in [0.25, 0.3) is 0 Å². The predicted molar refractivity (Wildman–Crippen MR) is 76.5 cm³/mol. The largest absolute Gasteiger partial charge is 0.480 e. The maximum atomic E-state index is 12.4. The van der Waals surface area contributed by atoms with Crippen molar-refractivity contribution >= 4 is 12.0 Å². The van der Waals surface area contributed by atoms with Crippen LogP contribution in [0.5, 0.6) is 0 Å². The Morgan fingerprint density at radius 3 is 2.40 bits per heavy atom. The number of amides is 2. The van der Waals surface area contributed by atoms with Crippen LogP contribution in [0.15, 0.2) is 0 Å². The smallest absolute Gasteiger partial charge is 0.329 e. The van der Waals surface area contributed by atoms with Crippen LogP contribution < -0.4 is 5.32 Å². The number of rotatable bonds is 4. The van der Waals surface area contributed by atoms with Crippen molar-refractivity contribution in [1.29, 1.82) is 0 Å². The summed E-state index contributed by atoms with van der Waals surface area (Å²) in [5.41, 5.74) is -1.12. The number of hydrogen-bond acceptors (Lipinski definition) is 2. The highest BCUT2D eigenvalue weighted by Gasteiger charge is 2.49. The monoisotopic (exact) mass is 282 g/mol. The lowest BCUT2D eigenvalue weighted by Gasteiger charge is -2.36. The maximum Gasteiger partial charge on any atom is 0.329 e. The first kappa shape index (κ1) is 15.1. The van der Waals surface area contributed by atoms with Crippen LogP contribution in [0.2, 0.25) is 0 Å². The van der Waals surface area contributed by atoms with Gasteiger partial charge in [-0.15, -0.1) is 0 Å². The zero-order valence-electron chi connectivity index (χ0n) is 12.7. The summed E-state index contributed by atoms with van der Waals surface area (Å²) in [5, 5.41) is 12.1. The molecular weight excluding hydrogens is 256 g/mol. The van der Waals surface area contributed by atoms with E-state index in [-0.39, 0.29) is 18.0 Å². The molecule has 2 saturated carbocycles. The number of nitrogens with zero attached hydrogens (tertiary/aromatic N) is 1. The van der Waals surface area contributed by atoms with E-state index >= 15 is 0 Å². The van der Waals surface area contributed by atoms with Crippen molar-refractivity contribution in [2.75, 3.05) is 7.05 Å². The molecule has 0 aromatic heterocycles. The standard InChI is InChI=1S/C15H26N2O3/c1-10-5-4-6-12(9-10)17(3)14(20)16-15(2,13(18)19)11-7-8-11/h10-12H,4-9H2,1-3H3,(H,16,20)(H,18,19). The molecule has 114 valence electrons. The molecule has 2 aliphatic rings. The van der Waals surface area contributed by atoms with Gasteiger partial charge in [0.05, 0.1) is 0 Å². The average molecular weight is 282 g/mol. The van der Waals surface area contributed by atoms with Crippen LogP contribution in [0.3, 0.4) is 0 Å². The molecule has 0 aromatic carbocycles. The van der Waals surface area contributed by atoms with E-state index < -0.39 is 11.5 Å². The van der Waals surface area contributed by atoms with Gasteiger partial charge in [-0.05, 0) is 44.4 Å². The molecule has 0 bridgehead atoms. The van der Waals surface area contributed by atoms with Crippen LogP contribution in [-0.2, 0) is 4.79 Å². The lowest BCUT2D eigenvalue weighted by atomic mass is 9.86. The van der Waals surface area contributed by atoms with Crippen molar-refractivity contribution in [2.24, 2.45) is 11.8 Å². The van der Waals surface area contributed by atoms with E-state index in [1.165, 1.54) is 6.42 Å². The summed E-state index contributed by atoms with van der Waals surface area (Å²) >= 11 is 0. The second-order valence-corrected chi connectivity index (χ2v) is 6.75. The number of urea groups is 1. The molecule has 3 atom stereocenters.